The van der Waals surface area contributed by atoms with Gasteiger partial charge in [-0.2, -0.15) is 0 Å². The van der Waals surface area contributed by atoms with Crippen LogP contribution < -0.4 is 16.0 Å². The van der Waals surface area contributed by atoms with Crippen molar-refractivity contribution < 1.29 is 14.4 Å². The molecule has 0 radical (unpaired) electrons. The van der Waals surface area contributed by atoms with Crippen LogP contribution in [0, 0.1) is 0 Å². The van der Waals surface area contributed by atoms with Crippen molar-refractivity contribution in [2.75, 3.05) is 22.9 Å². The van der Waals surface area contributed by atoms with Gasteiger partial charge in [0.15, 0.2) is 4.34 Å². The number of aryl methyl sites for hydroxylation is 1. The van der Waals surface area contributed by atoms with E-state index in [1.54, 1.807) is 24.3 Å². The molecule has 9 heteroatoms. The summed E-state index contributed by atoms with van der Waals surface area (Å²) in [6.45, 7) is 2.07. The maximum absolute atomic E-state index is 12.2. The molecule has 7 nitrogen and oxygen atoms in total. The summed E-state index contributed by atoms with van der Waals surface area (Å²) in [6, 6.07) is 17.1. The molecule has 0 aliphatic carbocycles. The number of nitrogens with zero attached hydrogens (tertiary/aromatic N) is 1. The number of thiazole rings is 1. The Morgan fingerprint density at radius 3 is 2.33 bits per heavy atom. The molecule has 0 fully saturated rings. The van der Waals surface area contributed by atoms with Gasteiger partial charge in [0.1, 0.15) is 0 Å². The molecule has 172 valence electrons. The third-order valence-electron chi connectivity index (χ3n) is 4.50. The Kier molecular flexibility index (Phi) is 9.46. The Morgan fingerprint density at radius 1 is 0.939 bits per heavy atom. The first kappa shape index (κ1) is 24.5. The van der Waals surface area contributed by atoms with Crippen LogP contribution in [0.1, 0.15) is 24.6 Å². The van der Waals surface area contributed by atoms with E-state index in [0.29, 0.717) is 23.6 Å². The Bertz CT molecular complexity index is 1070. The predicted molar refractivity (Wildman–Crippen MR) is 134 cm³/mol. The molecule has 2 aromatic carbocycles. The fourth-order valence-corrected chi connectivity index (χ4v) is 4.64. The molecule has 1 aromatic heterocycles. The van der Waals surface area contributed by atoms with Crippen LogP contribution in [-0.2, 0) is 27.2 Å². The Balaban J connectivity index is 1.34. The van der Waals surface area contributed by atoms with Gasteiger partial charge < -0.3 is 16.0 Å². The molecule has 3 aromatic rings. The number of aromatic nitrogens is 1. The number of thioether (sulfide) groups is 1. The molecule has 1 heterocycles. The van der Waals surface area contributed by atoms with Gasteiger partial charge in [-0.05, 0) is 42.7 Å². The summed E-state index contributed by atoms with van der Waals surface area (Å²) < 4.78 is 0.748. The quantitative estimate of drug-likeness (QED) is 0.282. The first-order valence-corrected chi connectivity index (χ1v) is 12.4. The number of nitrogens with one attached hydrogen (secondary N) is 3. The number of rotatable bonds is 11. The van der Waals surface area contributed by atoms with Gasteiger partial charge in [-0.3, -0.25) is 14.4 Å². The molecule has 33 heavy (non-hydrogen) atoms. The number of carbonyl (C=O) groups is 3. The van der Waals surface area contributed by atoms with E-state index >= 15 is 0 Å². The molecular formula is C24H26N4O3S2. The molecule has 0 bridgehead atoms. The molecule has 0 aliphatic heterocycles. The summed E-state index contributed by atoms with van der Waals surface area (Å²) in [5, 5.41) is 10.3. The van der Waals surface area contributed by atoms with Crippen LogP contribution in [0.3, 0.4) is 0 Å². The molecule has 3 rings (SSSR count). The second-order valence-electron chi connectivity index (χ2n) is 7.32. The third-order valence-corrected chi connectivity index (χ3v) is 6.57. The minimum absolute atomic E-state index is 0.0506. The molecule has 3 N–H and O–H groups in total. The lowest BCUT2D eigenvalue weighted by molar-refractivity contribution is -0.120. The SMILES string of the molecule is CC(=O)Nc1ccc(NC(=O)CSc2nc(CC(=O)NCCCc3ccccc3)cs2)cc1. The molecule has 0 aliphatic rings. The van der Waals surface area contributed by atoms with Crippen molar-refractivity contribution in [2.45, 2.75) is 30.5 Å². The number of hydrogen-bond acceptors (Lipinski definition) is 6. The van der Waals surface area contributed by atoms with Crippen LogP contribution in [0.2, 0.25) is 0 Å². The van der Waals surface area contributed by atoms with Gasteiger partial charge in [-0.15, -0.1) is 11.3 Å². The van der Waals surface area contributed by atoms with Gasteiger partial charge >= 0.3 is 0 Å². The number of hydrogen-bond donors (Lipinski definition) is 3. The molecule has 0 saturated heterocycles. The van der Waals surface area contributed by atoms with E-state index in [9.17, 15) is 14.4 Å². The maximum Gasteiger partial charge on any atom is 0.234 e. The van der Waals surface area contributed by atoms with Gasteiger partial charge in [-0.1, -0.05) is 42.1 Å². The topological polar surface area (TPSA) is 100 Å². The lowest BCUT2D eigenvalue weighted by Crippen LogP contribution is -2.26. The average Bonchev–Trinajstić information content (AvgIpc) is 3.24. The molecule has 0 atom stereocenters. The summed E-state index contributed by atoms with van der Waals surface area (Å²) >= 11 is 2.76. The van der Waals surface area contributed by atoms with Crippen molar-refractivity contribution in [3.8, 4) is 0 Å². The van der Waals surface area contributed by atoms with E-state index in [1.165, 1.54) is 35.6 Å². The van der Waals surface area contributed by atoms with Crippen LogP contribution >= 0.6 is 23.1 Å². The Labute approximate surface area is 201 Å². The van der Waals surface area contributed by atoms with Gasteiger partial charge in [0, 0.05) is 30.2 Å². The number of benzene rings is 2. The minimum atomic E-state index is -0.153. The smallest absolute Gasteiger partial charge is 0.234 e. The first-order chi connectivity index (χ1) is 16.0. The normalized spacial score (nSPS) is 10.5. The molecule has 0 spiro atoms. The van der Waals surface area contributed by atoms with Crippen LogP contribution in [0.5, 0.6) is 0 Å². The van der Waals surface area contributed by atoms with Crippen molar-refractivity contribution in [3.05, 3.63) is 71.2 Å². The zero-order valence-electron chi connectivity index (χ0n) is 18.3. The largest absolute Gasteiger partial charge is 0.356 e. The standard InChI is InChI=1S/C24H26N4O3S2/c1-17(29)26-19-9-11-20(12-10-19)27-23(31)16-33-24-28-21(15-32-24)14-22(30)25-13-5-8-18-6-3-2-4-7-18/h2-4,6-7,9-12,15H,5,8,13-14,16H2,1H3,(H,25,30)(H,26,29)(H,27,31). The summed E-state index contributed by atoms with van der Waals surface area (Å²) in [6.07, 6.45) is 2.05. The highest BCUT2D eigenvalue weighted by molar-refractivity contribution is 8.01. The molecular weight excluding hydrogens is 456 g/mol. The highest BCUT2D eigenvalue weighted by Gasteiger charge is 2.10. The minimum Gasteiger partial charge on any atom is -0.356 e. The first-order valence-electron chi connectivity index (χ1n) is 10.5. The summed E-state index contributed by atoms with van der Waals surface area (Å²) in [4.78, 5) is 39.8. The highest BCUT2D eigenvalue weighted by atomic mass is 32.2. The molecule has 0 unspecified atom stereocenters. The van der Waals surface area contributed by atoms with E-state index < -0.39 is 0 Å². The van der Waals surface area contributed by atoms with E-state index in [2.05, 4.69) is 33.1 Å². The van der Waals surface area contributed by atoms with Crippen molar-refractivity contribution >= 4 is 52.2 Å². The van der Waals surface area contributed by atoms with Crippen LogP contribution in [0.4, 0.5) is 11.4 Å². The number of carbonyl (C=O) groups excluding carboxylic acids is 3. The van der Waals surface area contributed by atoms with Crippen LogP contribution in [-0.4, -0.2) is 35.0 Å². The lowest BCUT2D eigenvalue weighted by atomic mass is 10.1. The average molecular weight is 483 g/mol. The van der Waals surface area contributed by atoms with E-state index in [1.807, 2.05) is 23.6 Å². The number of amides is 3. The van der Waals surface area contributed by atoms with E-state index in [0.717, 1.165) is 17.2 Å². The van der Waals surface area contributed by atoms with Crippen molar-refractivity contribution in [3.63, 3.8) is 0 Å². The molecule has 3 amide bonds. The van der Waals surface area contributed by atoms with Gasteiger partial charge in [-0.25, -0.2) is 4.98 Å². The van der Waals surface area contributed by atoms with E-state index in [-0.39, 0.29) is 29.9 Å². The number of anilines is 2. The summed E-state index contributed by atoms with van der Waals surface area (Å²) in [5.74, 6) is -0.136. The second-order valence-corrected chi connectivity index (χ2v) is 9.40. The maximum atomic E-state index is 12.2. The highest BCUT2D eigenvalue weighted by Crippen LogP contribution is 2.23. The van der Waals surface area contributed by atoms with Crippen LogP contribution in [0.15, 0.2) is 64.3 Å². The summed E-state index contributed by atoms with van der Waals surface area (Å²) in [5.41, 5.74) is 3.29. The zero-order chi connectivity index (χ0) is 23.5. The van der Waals surface area contributed by atoms with Crippen molar-refractivity contribution in [2.24, 2.45) is 0 Å². The zero-order valence-corrected chi connectivity index (χ0v) is 19.9. The van der Waals surface area contributed by atoms with Crippen LogP contribution in [0.25, 0.3) is 0 Å². The third kappa shape index (κ3) is 9.07. The fourth-order valence-electron chi connectivity index (χ4n) is 2.99. The van der Waals surface area contributed by atoms with E-state index in [4.69, 9.17) is 0 Å². The van der Waals surface area contributed by atoms with Gasteiger partial charge in [0.05, 0.1) is 17.9 Å². The summed E-state index contributed by atoms with van der Waals surface area (Å²) in [7, 11) is 0. The molecule has 0 saturated carbocycles. The second kappa shape index (κ2) is 12.8. The van der Waals surface area contributed by atoms with Gasteiger partial charge in [0.2, 0.25) is 17.7 Å². The lowest BCUT2D eigenvalue weighted by Gasteiger charge is -2.06. The van der Waals surface area contributed by atoms with Crippen molar-refractivity contribution in [1.29, 1.82) is 0 Å². The van der Waals surface area contributed by atoms with Gasteiger partial charge in [0.25, 0.3) is 0 Å². The Morgan fingerprint density at radius 2 is 1.64 bits per heavy atom. The fraction of sp³-hybridized carbons (Fsp3) is 0.250. The Hall–Kier alpha value is -3.17. The predicted octanol–water partition coefficient (Wildman–Crippen LogP) is 4.12. The monoisotopic (exact) mass is 482 g/mol. The van der Waals surface area contributed by atoms with Crippen molar-refractivity contribution in [1.82, 2.24) is 10.3 Å².